The van der Waals surface area contributed by atoms with E-state index in [1.165, 1.54) is 59.9 Å². The molecular formula is C34H39BOS. The maximum absolute atomic E-state index is 11.8. The van der Waals surface area contributed by atoms with Crippen LogP contribution in [0.3, 0.4) is 0 Å². The smallest absolute Gasteiger partial charge is 0.211 e. The summed E-state index contributed by atoms with van der Waals surface area (Å²) in [5, 5.41) is 0. The highest BCUT2D eigenvalue weighted by Gasteiger charge is 2.29. The fraction of sp³-hybridized carbons (Fsp3) is 0.265. The SMILES string of the molecule is CCCC[B-](c1ccccc1)(c1ccccc1)c1ccccc1.O=C(C[S+]1CCCC1)c1ccccc1. The van der Waals surface area contributed by atoms with Crippen molar-refractivity contribution in [2.24, 2.45) is 0 Å². The van der Waals surface area contributed by atoms with Crippen molar-refractivity contribution < 1.29 is 4.79 Å². The van der Waals surface area contributed by atoms with Gasteiger partial charge in [-0.25, -0.2) is 0 Å². The Morgan fingerprint density at radius 2 is 1.05 bits per heavy atom. The Hall–Kier alpha value is -3.04. The van der Waals surface area contributed by atoms with E-state index in [9.17, 15) is 4.79 Å². The minimum absolute atomic E-state index is 0.329. The normalized spacial score (nSPS) is 13.5. The van der Waals surface area contributed by atoms with Crippen LogP contribution in [0.5, 0.6) is 0 Å². The molecule has 0 aliphatic carbocycles. The van der Waals surface area contributed by atoms with Gasteiger partial charge in [-0.15, -0.1) is 0 Å². The summed E-state index contributed by atoms with van der Waals surface area (Å²) < 4.78 is 0. The van der Waals surface area contributed by atoms with Gasteiger partial charge in [0.1, 0.15) is 11.5 Å². The summed E-state index contributed by atoms with van der Waals surface area (Å²) in [6.45, 7) is 2.28. The van der Waals surface area contributed by atoms with Crippen molar-refractivity contribution in [3.8, 4) is 0 Å². The molecule has 1 aliphatic heterocycles. The fourth-order valence-corrected chi connectivity index (χ4v) is 7.94. The van der Waals surface area contributed by atoms with Crippen molar-refractivity contribution in [1.82, 2.24) is 0 Å². The lowest BCUT2D eigenvalue weighted by atomic mass is 9.14. The quantitative estimate of drug-likeness (QED) is 0.149. The second-order valence-electron chi connectivity index (χ2n) is 10.1. The van der Waals surface area contributed by atoms with Crippen LogP contribution in [0.4, 0.5) is 0 Å². The van der Waals surface area contributed by atoms with E-state index in [-0.39, 0.29) is 0 Å². The molecule has 0 radical (unpaired) electrons. The van der Waals surface area contributed by atoms with Crippen LogP contribution >= 0.6 is 0 Å². The summed E-state index contributed by atoms with van der Waals surface area (Å²) in [4.78, 5) is 11.8. The number of hydrogen-bond donors (Lipinski definition) is 0. The van der Waals surface area contributed by atoms with Gasteiger partial charge in [0.05, 0.1) is 6.15 Å². The lowest BCUT2D eigenvalue weighted by Gasteiger charge is -2.43. The van der Waals surface area contributed by atoms with Crippen LogP contribution in [0.1, 0.15) is 43.0 Å². The van der Waals surface area contributed by atoms with Crippen LogP contribution in [-0.4, -0.2) is 29.2 Å². The highest BCUT2D eigenvalue weighted by molar-refractivity contribution is 7.97. The summed E-state index contributed by atoms with van der Waals surface area (Å²) in [6.07, 6.45) is 5.38. The average molecular weight is 507 g/mol. The topological polar surface area (TPSA) is 17.1 Å². The molecule has 0 N–H and O–H groups in total. The molecule has 0 atom stereocenters. The molecule has 1 saturated heterocycles. The second-order valence-corrected chi connectivity index (χ2v) is 12.4. The minimum atomic E-state index is -0.913. The molecule has 0 spiro atoms. The number of hydrogen-bond acceptors (Lipinski definition) is 1. The van der Waals surface area contributed by atoms with Gasteiger partial charge in [-0.2, -0.15) is 22.7 Å². The van der Waals surface area contributed by atoms with Gasteiger partial charge in [-0.1, -0.05) is 141 Å². The van der Waals surface area contributed by atoms with Crippen molar-refractivity contribution in [3.63, 3.8) is 0 Å². The molecule has 1 heterocycles. The highest BCUT2D eigenvalue weighted by atomic mass is 32.2. The third-order valence-corrected chi connectivity index (χ3v) is 10.0. The minimum Gasteiger partial charge on any atom is -0.289 e. The Bertz CT molecular complexity index is 1090. The van der Waals surface area contributed by atoms with E-state index >= 15 is 0 Å². The molecule has 3 heteroatoms. The van der Waals surface area contributed by atoms with Gasteiger partial charge >= 0.3 is 0 Å². The van der Waals surface area contributed by atoms with Gasteiger partial charge in [-0.3, -0.25) is 4.79 Å². The van der Waals surface area contributed by atoms with Crippen molar-refractivity contribution in [3.05, 3.63) is 127 Å². The third-order valence-electron chi connectivity index (χ3n) is 7.64. The summed E-state index contributed by atoms with van der Waals surface area (Å²) in [7, 11) is 0.393. The van der Waals surface area contributed by atoms with Gasteiger partial charge in [0, 0.05) is 5.56 Å². The molecular weight excluding hydrogens is 467 g/mol. The van der Waals surface area contributed by atoms with Crippen molar-refractivity contribution >= 4 is 39.2 Å². The van der Waals surface area contributed by atoms with Gasteiger partial charge in [-0.05, 0) is 23.7 Å². The molecule has 0 amide bonds. The lowest BCUT2D eigenvalue weighted by Crippen LogP contribution is -2.66. The van der Waals surface area contributed by atoms with Crippen molar-refractivity contribution in [2.75, 3.05) is 17.3 Å². The van der Waals surface area contributed by atoms with Gasteiger partial charge in [0.25, 0.3) is 0 Å². The highest BCUT2D eigenvalue weighted by Crippen LogP contribution is 2.17. The van der Waals surface area contributed by atoms with Crippen LogP contribution in [0, 0.1) is 0 Å². The first-order valence-corrected chi connectivity index (χ1v) is 15.5. The van der Waals surface area contributed by atoms with Crippen LogP contribution in [0.2, 0.25) is 6.32 Å². The van der Waals surface area contributed by atoms with Crippen molar-refractivity contribution in [1.29, 1.82) is 0 Å². The molecule has 37 heavy (non-hydrogen) atoms. The molecule has 1 fully saturated rings. The van der Waals surface area contributed by atoms with E-state index in [1.807, 2.05) is 30.3 Å². The standard InChI is InChI=1S/C22H24B.C12H15OS/c1-2-3-19-23(20-13-7-4-8-14-20,21-15-9-5-10-16-21)22-17-11-6-12-18-22;13-12(10-14-8-4-5-9-14)11-6-2-1-3-7-11/h4-18H,2-3,19H2,1H3;1-3,6-7H,4-5,8-10H2/q-1;+1. The summed E-state index contributed by atoms with van der Waals surface area (Å²) in [5.41, 5.74) is 5.21. The zero-order chi connectivity index (χ0) is 25.8. The van der Waals surface area contributed by atoms with Gasteiger partial charge < -0.3 is 0 Å². The predicted molar refractivity (Wildman–Crippen MR) is 166 cm³/mol. The summed E-state index contributed by atoms with van der Waals surface area (Å²) in [5.74, 6) is 3.66. The number of carbonyl (C=O) groups is 1. The van der Waals surface area contributed by atoms with E-state index in [0.29, 0.717) is 16.7 Å². The van der Waals surface area contributed by atoms with E-state index in [2.05, 4.69) is 97.9 Å². The molecule has 0 saturated carbocycles. The molecule has 1 nitrogen and oxygen atoms in total. The Balaban J connectivity index is 0.000000195. The number of ketones is 1. The van der Waals surface area contributed by atoms with Crippen molar-refractivity contribution in [2.45, 2.75) is 38.9 Å². The molecule has 4 aromatic rings. The van der Waals surface area contributed by atoms with Crippen LogP contribution < -0.4 is 16.4 Å². The number of carbonyl (C=O) groups excluding carboxylic acids is 1. The second kappa shape index (κ2) is 14.0. The van der Waals surface area contributed by atoms with Crippen LogP contribution in [0.15, 0.2) is 121 Å². The summed E-state index contributed by atoms with van der Waals surface area (Å²) in [6, 6.07) is 42.8. The Morgan fingerprint density at radius 1 is 0.649 bits per heavy atom. The average Bonchev–Trinajstić information content (AvgIpc) is 3.49. The fourth-order valence-electron chi connectivity index (χ4n) is 5.68. The zero-order valence-electron chi connectivity index (χ0n) is 22.1. The number of rotatable bonds is 9. The molecule has 4 aromatic carbocycles. The zero-order valence-corrected chi connectivity index (χ0v) is 22.9. The number of benzene rings is 4. The van der Waals surface area contributed by atoms with E-state index in [1.54, 1.807) is 0 Å². The van der Waals surface area contributed by atoms with E-state index < -0.39 is 6.15 Å². The Kier molecular flexibility index (Phi) is 10.3. The molecule has 190 valence electrons. The largest absolute Gasteiger partial charge is 0.289 e. The molecule has 0 unspecified atom stereocenters. The Labute approximate surface area is 226 Å². The Morgan fingerprint density at radius 3 is 1.46 bits per heavy atom. The van der Waals surface area contributed by atoms with E-state index in [0.717, 1.165) is 11.3 Å². The first kappa shape index (κ1) is 27.0. The third kappa shape index (κ3) is 7.05. The molecule has 1 aliphatic rings. The maximum Gasteiger partial charge on any atom is 0.211 e. The first-order valence-electron chi connectivity index (χ1n) is 13.8. The maximum atomic E-state index is 11.8. The first-order chi connectivity index (χ1) is 18.2. The van der Waals surface area contributed by atoms with Crippen LogP contribution in [-0.2, 0) is 10.9 Å². The predicted octanol–water partition coefficient (Wildman–Crippen LogP) is 6.24. The molecule has 5 rings (SSSR count). The van der Waals surface area contributed by atoms with Gasteiger partial charge in [0.15, 0.2) is 5.75 Å². The van der Waals surface area contributed by atoms with Crippen LogP contribution in [0.25, 0.3) is 0 Å². The molecule has 0 aromatic heterocycles. The monoisotopic (exact) mass is 506 g/mol. The number of unbranched alkanes of at least 4 members (excludes halogenated alkanes) is 1. The molecule has 0 bridgehead atoms. The number of Topliss-reactive ketones (excluding diaryl/α,β-unsaturated/α-hetero) is 1. The van der Waals surface area contributed by atoms with E-state index in [4.69, 9.17) is 0 Å². The van der Waals surface area contributed by atoms with Gasteiger partial charge in [0.2, 0.25) is 5.78 Å². The lowest BCUT2D eigenvalue weighted by molar-refractivity contribution is 0.102. The summed E-state index contributed by atoms with van der Waals surface area (Å²) >= 11 is 0.